The number of hydrogen-bond donors (Lipinski definition) is 2. The minimum Gasteiger partial charge on any atom is -0.389 e. The lowest BCUT2D eigenvalue weighted by Crippen LogP contribution is -2.35. The third kappa shape index (κ3) is 3.58. The van der Waals surface area contributed by atoms with Gasteiger partial charge >= 0.3 is 0 Å². The number of imidazole rings is 1. The first-order valence-electron chi connectivity index (χ1n) is 7.31. The standard InChI is InChI=1S/C15H18ClN3O3/c16-14-13(19-6-2-1-3-12(19)18-14)15(21)17-7-11(20)9-22-8-10-4-5-10/h1-3,6,10-11,20H,4-5,7-9H2,(H,17,21). The molecule has 2 heterocycles. The quantitative estimate of drug-likeness (QED) is 0.809. The summed E-state index contributed by atoms with van der Waals surface area (Å²) in [5.74, 6) is 0.281. The molecule has 118 valence electrons. The Kier molecular flexibility index (Phi) is 4.61. The summed E-state index contributed by atoms with van der Waals surface area (Å²) in [6.07, 6.45) is 3.40. The van der Waals surface area contributed by atoms with Crippen LogP contribution in [0.1, 0.15) is 23.3 Å². The number of nitrogens with one attached hydrogen (secondary N) is 1. The highest BCUT2D eigenvalue weighted by atomic mass is 35.5. The number of aliphatic hydroxyl groups excluding tert-OH is 1. The molecule has 22 heavy (non-hydrogen) atoms. The van der Waals surface area contributed by atoms with E-state index in [9.17, 15) is 9.90 Å². The third-order valence-corrected chi connectivity index (χ3v) is 3.82. The molecule has 1 fully saturated rings. The predicted octanol–water partition coefficient (Wildman–Crippen LogP) is 1.50. The molecule has 1 amide bonds. The molecule has 0 saturated heterocycles. The summed E-state index contributed by atoms with van der Waals surface area (Å²) >= 11 is 6.02. The van der Waals surface area contributed by atoms with Crippen LogP contribution < -0.4 is 5.32 Å². The van der Waals surface area contributed by atoms with E-state index in [1.54, 1.807) is 22.7 Å². The van der Waals surface area contributed by atoms with Crippen molar-refractivity contribution in [1.29, 1.82) is 0 Å². The van der Waals surface area contributed by atoms with Crippen molar-refractivity contribution < 1.29 is 14.6 Å². The summed E-state index contributed by atoms with van der Waals surface area (Å²) in [5, 5.41) is 12.6. The lowest BCUT2D eigenvalue weighted by molar-refractivity contribution is 0.0320. The van der Waals surface area contributed by atoms with E-state index in [1.165, 1.54) is 12.8 Å². The molecule has 7 heteroatoms. The van der Waals surface area contributed by atoms with Crippen LogP contribution >= 0.6 is 11.6 Å². The van der Waals surface area contributed by atoms with Crippen molar-refractivity contribution >= 4 is 23.2 Å². The van der Waals surface area contributed by atoms with E-state index < -0.39 is 6.10 Å². The molecular weight excluding hydrogens is 306 g/mol. The van der Waals surface area contributed by atoms with Crippen LogP contribution in [0.3, 0.4) is 0 Å². The average molecular weight is 324 g/mol. The SMILES string of the molecule is O=C(NCC(O)COCC1CC1)c1c(Cl)nc2ccccn12. The van der Waals surface area contributed by atoms with Crippen molar-refractivity contribution in [2.75, 3.05) is 19.8 Å². The Hall–Kier alpha value is -1.63. The Morgan fingerprint density at radius 1 is 1.55 bits per heavy atom. The number of fused-ring (bicyclic) bond motifs is 1. The zero-order valence-electron chi connectivity index (χ0n) is 12.0. The van der Waals surface area contributed by atoms with Crippen molar-refractivity contribution in [2.24, 2.45) is 5.92 Å². The fourth-order valence-electron chi connectivity index (χ4n) is 2.18. The first-order chi connectivity index (χ1) is 10.6. The maximum atomic E-state index is 12.2. The van der Waals surface area contributed by atoms with Gasteiger partial charge in [0.1, 0.15) is 5.65 Å². The van der Waals surface area contributed by atoms with Crippen LogP contribution in [0.25, 0.3) is 5.65 Å². The Morgan fingerprint density at radius 3 is 3.14 bits per heavy atom. The fraction of sp³-hybridized carbons (Fsp3) is 0.467. The number of hydrogen-bond acceptors (Lipinski definition) is 4. The topological polar surface area (TPSA) is 75.9 Å². The zero-order valence-corrected chi connectivity index (χ0v) is 12.8. The molecular formula is C15H18ClN3O3. The molecule has 1 saturated carbocycles. The van der Waals surface area contributed by atoms with Gasteiger partial charge < -0.3 is 15.2 Å². The highest BCUT2D eigenvalue weighted by Crippen LogP contribution is 2.28. The number of aromatic nitrogens is 2. The number of rotatable bonds is 7. The maximum absolute atomic E-state index is 12.2. The lowest BCUT2D eigenvalue weighted by Gasteiger charge is -2.12. The molecule has 1 unspecified atom stereocenters. The minimum absolute atomic E-state index is 0.111. The van der Waals surface area contributed by atoms with Gasteiger partial charge in [-0.15, -0.1) is 0 Å². The van der Waals surface area contributed by atoms with Gasteiger partial charge in [0.2, 0.25) is 0 Å². The van der Waals surface area contributed by atoms with E-state index in [0.29, 0.717) is 18.2 Å². The van der Waals surface area contributed by atoms with Gasteiger partial charge in [-0.05, 0) is 30.9 Å². The Labute approximate surface area is 133 Å². The summed E-state index contributed by atoms with van der Waals surface area (Å²) in [4.78, 5) is 16.3. The lowest BCUT2D eigenvalue weighted by atomic mass is 10.3. The van der Waals surface area contributed by atoms with Crippen LogP contribution in [-0.2, 0) is 4.74 Å². The predicted molar refractivity (Wildman–Crippen MR) is 82.1 cm³/mol. The molecule has 3 rings (SSSR count). The Balaban J connectivity index is 1.55. The molecule has 0 aliphatic heterocycles. The van der Waals surface area contributed by atoms with Crippen molar-refractivity contribution in [3.05, 3.63) is 35.2 Å². The third-order valence-electron chi connectivity index (χ3n) is 3.56. The molecule has 1 aliphatic carbocycles. The first kappa shape index (κ1) is 15.3. The summed E-state index contributed by atoms with van der Waals surface area (Å²) in [7, 11) is 0. The second-order valence-corrected chi connectivity index (χ2v) is 5.88. The number of nitrogens with zero attached hydrogens (tertiary/aromatic N) is 2. The van der Waals surface area contributed by atoms with Crippen LogP contribution in [0.15, 0.2) is 24.4 Å². The molecule has 2 N–H and O–H groups in total. The number of carbonyl (C=O) groups is 1. The Morgan fingerprint density at radius 2 is 2.36 bits per heavy atom. The van der Waals surface area contributed by atoms with Gasteiger partial charge in [0, 0.05) is 19.3 Å². The molecule has 0 radical (unpaired) electrons. The van der Waals surface area contributed by atoms with Gasteiger partial charge in [-0.25, -0.2) is 4.98 Å². The van der Waals surface area contributed by atoms with Gasteiger partial charge in [0.25, 0.3) is 5.91 Å². The van der Waals surface area contributed by atoms with Gasteiger partial charge in [-0.2, -0.15) is 0 Å². The van der Waals surface area contributed by atoms with Gasteiger partial charge in [0.05, 0.1) is 12.7 Å². The zero-order chi connectivity index (χ0) is 15.5. The molecule has 1 aliphatic rings. The van der Waals surface area contributed by atoms with Crippen molar-refractivity contribution in [2.45, 2.75) is 18.9 Å². The van der Waals surface area contributed by atoms with Crippen molar-refractivity contribution in [3.8, 4) is 0 Å². The smallest absolute Gasteiger partial charge is 0.271 e. The van der Waals surface area contributed by atoms with E-state index >= 15 is 0 Å². The fourth-order valence-corrected chi connectivity index (χ4v) is 2.44. The molecule has 0 bridgehead atoms. The molecule has 0 spiro atoms. The monoisotopic (exact) mass is 323 g/mol. The first-order valence-corrected chi connectivity index (χ1v) is 7.69. The van der Waals surface area contributed by atoms with Crippen LogP contribution in [0, 0.1) is 5.92 Å². The largest absolute Gasteiger partial charge is 0.389 e. The van der Waals surface area contributed by atoms with E-state index in [-0.39, 0.29) is 29.9 Å². The molecule has 6 nitrogen and oxygen atoms in total. The van der Waals surface area contributed by atoms with Crippen molar-refractivity contribution in [1.82, 2.24) is 14.7 Å². The highest BCUT2D eigenvalue weighted by Gasteiger charge is 2.22. The number of ether oxygens (including phenoxy) is 1. The summed E-state index contributed by atoms with van der Waals surface area (Å²) in [5.41, 5.74) is 0.870. The number of pyridine rings is 1. The van der Waals surface area contributed by atoms with Crippen LogP contribution in [0.5, 0.6) is 0 Å². The van der Waals surface area contributed by atoms with Crippen LogP contribution in [0.2, 0.25) is 5.15 Å². The van der Waals surface area contributed by atoms with Gasteiger partial charge in [-0.3, -0.25) is 9.20 Å². The molecule has 2 aromatic rings. The number of carbonyl (C=O) groups excluding carboxylic acids is 1. The highest BCUT2D eigenvalue weighted by molar-refractivity contribution is 6.32. The van der Waals surface area contributed by atoms with Crippen LogP contribution in [0.4, 0.5) is 0 Å². The van der Waals surface area contributed by atoms with Crippen LogP contribution in [-0.4, -0.2) is 46.3 Å². The molecule has 2 aromatic heterocycles. The van der Waals surface area contributed by atoms with E-state index in [1.807, 2.05) is 6.07 Å². The summed E-state index contributed by atoms with van der Waals surface area (Å²) in [6.45, 7) is 1.02. The normalized spacial score (nSPS) is 15.9. The minimum atomic E-state index is -0.735. The summed E-state index contributed by atoms with van der Waals surface area (Å²) in [6, 6.07) is 5.38. The molecule has 0 aromatic carbocycles. The number of halogens is 1. The Bertz CT molecular complexity index is 669. The van der Waals surface area contributed by atoms with E-state index in [4.69, 9.17) is 16.3 Å². The number of aliphatic hydroxyl groups is 1. The van der Waals surface area contributed by atoms with Gasteiger partial charge in [0.15, 0.2) is 10.8 Å². The second kappa shape index (κ2) is 6.64. The maximum Gasteiger partial charge on any atom is 0.271 e. The second-order valence-electron chi connectivity index (χ2n) is 5.52. The van der Waals surface area contributed by atoms with E-state index in [2.05, 4.69) is 10.3 Å². The van der Waals surface area contributed by atoms with Crippen molar-refractivity contribution in [3.63, 3.8) is 0 Å². The summed E-state index contributed by atoms with van der Waals surface area (Å²) < 4.78 is 7.01. The van der Waals surface area contributed by atoms with Gasteiger partial charge in [-0.1, -0.05) is 17.7 Å². The molecule has 1 atom stereocenters. The average Bonchev–Trinajstić information content (AvgIpc) is 3.25. The van der Waals surface area contributed by atoms with E-state index in [0.717, 1.165) is 0 Å². The number of amides is 1.